The first-order chi connectivity index (χ1) is 9.11. The fourth-order valence-corrected chi connectivity index (χ4v) is 6.94. The van der Waals surface area contributed by atoms with Gasteiger partial charge in [0, 0.05) is 5.92 Å². The molecule has 1 saturated carbocycles. The summed E-state index contributed by atoms with van der Waals surface area (Å²) in [5.74, 6) is 0.753. The first-order valence-corrected chi connectivity index (χ1v) is 9.94. The molecule has 0 amide bonds. The van der Waals surface area contributed by atoms with Gasteiger partial charge in [-0.1, -0.05) is 12.2 Å². The van der Waals surface area contributed by atoms with Crippen LogP contribution >= 0.6 is 35.3 Å². The molecular formula is C14H16O2S3. The molecule has 3 aliphatic carbocycles. The second-order valence-corrected chi connectivity index (χ2v) is 7.84. The summed E-state index contributed by atoms with van der Waals surface area (Å²) in [6.45, 7) is 0. The van der Waals surface area contributed by atoms with Crippen molar-refractivity contribution >= 4 is 46.9 Å². The lowest BCUT2D eigenvalue weighted by Gasteiger charge is -2.42. The van der Waals surface area contributed by atoms with E-state index in [0.29, 0.717) is 9.81 Å². The zero-order valence-corrected chi connectivity index (χ0v) is 13.6. The first kappa shape index (κ1) is 13.8. The zero-order valence-electron chi connectivity index (χ0n) is 11.1. The molecule has 102 valence electrons. The van der Waals surface area contributed by atoms with E-state index in [-0.39, 0.29) is 29.3 Å². The number of thioether (sulfide) groups is 3. The highest BCUT2D eigenvalue weighted by molar-refractivity contribution is 8.07. The molecule has 0 aromatic heterocycles. The maximum absolute atomic E-state index is 13.0. The van der Waals surface area contributed by atoms with Crippen LogP contribution in [0, 0.1) is 17.8 Å². The lowest BCUT2D eigenvalue weighted by atomic mass is 9.73. The number of carbonyl (C=O) groups is 2. The van der Waals surface area contributed by atoms with Crippen LogP contribution in [0.4, 0.5) is 0 Å². The van der Waals surface area contributed by atoms with Crippen molar-refractivity contribution in [3.8, 4) is 0 Å². The standard InChI is InChI=1S/C14H16O2S3/c1-17-11-10(15)9-7-4-5-8(6-7)14(9,19-3)13(16)12(11)18-2/h4-5,7-9H,6H2,1-3H3/t7-,8+,9+,14-/m0/s1. The Labute approximate surface area is 126 Å². The lowest BCUT2D eigenvalue weighted by molar-refractivity contribution is -0.128. The third-order valence-electron chi connectivity index (χ3n) is 4.58. The van der Waals surface area contributed by atoms with Crippen LogP contribution in [-0.4, -0.2) is 35.1 Å². The molecule has 2 bridgehead atoms. The van der Waals surface area contributed by atoms with E-state index in [9.17, 15) is 9.59 Å². The Bertz CT molecular complexity index is 523. The van der Waals surface area contributed by atoms with Gasteiger partial charge in [0.05, 0.1) is 20.5 Å². The average molecular weight is 312 g/mol. The highest BCUT2D eigenvalue weighted by Crippen LogP contribution is 2.61. The van der Waals surface area contributed by atoms with E-state index in [2.05, 4.69) is 12.2 Å². The number of carbonyl (C=O) groups excluding carboxylic acids is 2. The van der Waals surface area contributed by atoms with Gasteiger partial charge in [-0.05, 0) is 31.1 Å². The molecule has 5 heteroatoms. The summed E-state index contributed by atoms with van der Waals surface area (Å²) in [6, 6.07) is 0. The fourth-order valence-electron chi connectivity index (χ4n) is 3.82. The molecule has 0 aromatic rings. The van der Waals surface area contributed by atoms with Crippen LogP contribution in [0.2, 0.25) is 0 Å². The molecule has 0 saturated heterocycles. The highest BCUT2D eigenvalue weighted by atomic mass is 32.2. The van der Waals surface area contributed by atoms with Crippen LogP contribution in [0.3, 0.4) is 0 Å². The summed E-state index contributed by atoms with van der Waals surface area (Å²) in [7, 11) is 0. The number of allylic oxidation sites excluding steroid dienone is 4. The minimum absolute atomic E-state index is 0.136. The second-order valence-electron chi connectivity index (χ2n) is 5.13. The van der Waals surface area contributed by atoms with E-state index in [1.807, 2.05) is 18.8 Å². The number of hydrogen-bond acceptors (Lipinski definition) is 5. The second kappa shape index (κ2) is 4.71. The van der Waals surface area contributed by atoms with E-state index in [1.54, 1.807) is 11.8 Å². The molecule has 2 nitrogen and oxygen atoms in total. The predicted molar refractivity (Wildman–Crippen MR) is 84.5 cm³/mol. The van der Waals surface area contributed by atoms with E-state index in [4.69, 9.17) is 0 Å². The van der Waals surface area contributed by atoms with Gasteiger partial charge in [0.1, 0.15) is 0 Å². The smallest absolute Gasteiger partial charge is 0.187 e. The van der Waals surface area contributed by atoms with Gasteiger partial charge < -0.3 is 0 Å². The van der Waals surface area contributed by atoms with Crippen LogP contribution in [-0.2, 0) is 9.59 Å². The maximum Gasteiger partial charge on any atom is 0.187 e. The van der Waals surface area contributed by atoms with Gasteiger partial charge in [0.2, 0.25) is 0 Å². The van der Waals surface area contributed by atoms with Gasteiger partial charge in [0.25, 0.3) is 0 Å². The Kier molecular flexibility index (Phi) is 3.43. The summed E-state index contributed by atoms with van der Waals surface area (Å²) >= 11 is 4.45. The molecule has 3 rings (SSSR count). The Morgan fingerprint density at radius 2 is 1.79 bits per heavy atom. The van der Waals surface area contributed by atoms with Crippen molar-refractivity contribution in [1.82, 2.24) is 0 Å². The molecule has 0 N–H and O–H groups in total. The van der Waals surface area contributed by atoms with E-state index in [0.717, 1.165) is 6.42 Å². The minimum atomic E-state index is -0.520. The Morgan fingerprint density at radius 1 is 1.11 bits per heavy atom. The van der Waals surface area contributed by atoms with Crippen LogP contribution in [0.5, 0.6) is 0 Å². The van der Waals surface area contributed by atoms with Gasteiger partial charge in [0.15, 0.2) is 11.6 Å². The van der Waals surface area contributed by atoms with Crippen molar-refractivity contribution < 1.29 is 9.59 Å². The molecule has 0 radical (unpaired) electrons. The summed E-state index contributed by atoms with van der Waals surface area (Å²) in [5.41, 5.74) is 0. The summed E-state index contributed by atoms with van der Waals surface area (Å²) in [4.78, 5) is 27.2. The lowest BCUT2D eigenvalue weighted by Crippen LogP contribution is -2.53. The maximum atomic E-state index is 13.0. The molecule has 3 aliphatic rings. The number of Topliss-reactive ketones (excluding diaryl/α,β-unsaturated/α-hetero) is 2. The molecule has 4 atom stereocenters. The highest BCUT2D eigenvalue weighted by Gasteiger charge is 2.65. The van der Waals surface area contributed by atoms with Crippen molar-refractivity contribution in [2.75, 3.05) is 18.8 Å². The van der Waals surface area contributed by atoms with Crippen molar-refractivity contribution in [2.45, 2.75) is 11.2 Å². The van der Waals surface area contributed by atoms with Crippen molar-refractivity contribution in [1.29, 1.82) is 0 Å². The van der Waals surface area contributed by atoms with Crippen LogP contribution in [0.1, 0.15) is 6.42 Å². The molecule has 0 aliphatic heterocycles. The van der Waals surface area contributed by atoms with Gasteiger partial charge in [-0.3, -0.25) is 9.59 Å². The van der Waals surface area contributed by atoms with Crippen molar-refractivity contribution in [3.63, 3.8) is 0 Å². The normalized spacial score (nSPS) is 40.3. The number of fused-ring (bicyclic) bond motifs is 5. The van der Waals surface area contributed by atoms with E-state index in [1.165, 1.54) is 23.5 Å². The average Bonchev–Trinajstić information content (AvgIpc) is 3.01. The van der Waals surface area contributed by atoms with E-state index < -0.39 is 4.75 Å². The van der Waals surface area contributed by atoms with Crippen LogP contribution < -0.4 is 0 Å². The fraction of sp³-hybridized carbons (Fsp3) is 0.571. The van der Waals surface area contributed by atoms with Crippen LogP contribution in [0.25, 0.3) is 0 Å². The van der Waals surface area contributed by atoms with Gasteiger partial charge >= 0.3 is 0 Å². The third kappa shape index (κ3) is 1.55. The number of hydrogen-bond donors (Lipinski definition) is 0. The van der Waals surface area contributed by atoms with E-state index >= 15 is 0 Å². The molecule has 1 fully saturated rings. The largest absolute Gasteiger partial charge is 0.293 e. The summed E-state index contributed by atoms with van der Waals surface area (Å²) in [6.07, 6.45) is 11.0. The minimum Gasteiger partial charge on any atom is -0.293 e. The van der Waals surface area contributed by atoms with Gasteiger partial charge in [-0.15, -0.1) is 35.3 Å². The van der Waals surface area contributed by atoms with Gasteiger partial charge in [-0.2, -0.15) is 0 Å². The Morgan fingerprint density at radius 3 is 2.37 bits per heavy atom. The van der Waals surface area contributed by atoms with Crippen LogP contribution in [0.15, 0.2) is 22.0 Å². The Hall–Kier alpha value is -0.130. The zero-order chi connectivity index (χ0) is 13.8. The third-order valence-corrected chi connectivity index (χ3v) is 7.74. The summed E-state index contributed by atoms with van der Waals surface area (Å²) in [5, 5.41) is 0. The molecule has 0 aromatic carbocycles. The molecular weight excluding hydrogens is 296 g/mol. The molecule has 0 unspecified atom stereocenters. The molecule has 19 heavy (non-hydrogen) atoms. The van der Waals surface area contributed by atoms with Crippen molar-refractivity contribution in [3.05, 3.63) is 22.0 Å². The molecule has 0 spiro atoms. The number of ketones is 2. The SMILES string of the molecule is CSC1=C(SC)C(=O)[C@]2(SC)[C@@H]3C=C[C@@H](C3)[C@@H]2C1=O. The quantitative estimate of drug-likeness (QED) is 0.748. The predicted octanol–water partition coefficient (Wildman–Crippen LogP) is 3.00. The molecule has 0 heterocycles. The first-order valence-electron chi connectivity index (χ1n) is 6.26. The summed E-state index contributed by atoms with van der Waals surface area (Å²) < 4.78 is -0.520. The monoisotopic (exact) mass is 312 g/mol. The number of rotatable bonds is 3. The van der Waals surface area contributed by atoms with Crippen molar-refractivity contribution in [2.24, 2.45) is 17.8 Å². The Balaban J connectivity index is 2.20. The van der Waals surface area contributed by atoms with Gasteiger partial charge in [-0.25, -0.2) is 0 Å². The topological polar surface area (TPSA) is 34.1 Å².